The van der Waals surface area contributed by atoms with Crippen LogP contribution in [0, 0.1) is 0 Å². The molecular weight excluding hydrogens is 322 g/mol. The molecule has 3 rings (SSSR count). The van der Waals surface area contributed by atoms with Crippen LogP contribution in [-0.4, -0.2) is 42.7 Å². The quantitative estimate of drug-likeness (QED) is 0.387. The zero-order chi connectivity index (χ0) is 17.6. The Hall–Kier alpha value is -3.26. The highest BCUT2D eigenvalue weighted by Gasteiger charge is 2.13. The van der Waals surface area contributed by atoms with Gasteiger partial charge in [0, 0.05) is 49.6 Å². The van der Waals surface area contributed by atoms with Crippen molar-refractivity contribution < 1.29 is 14.6 Å². The lowest BCUT2D eigenvalue weighted by molar-refractivity contribution is 0.103. The maximum atomic E-state index is 12.0. The van der Waals surface area contributed by atoms with Gasteiger partial charge in [0.2, 0.25) is 5.78 Å². The summed E-state index contributed by atoms with van der Waals surface area (Å²) in [7, 11) is 1.60. The van der Waals surface area contributed by atoms with E-state index in [0.29, 0.717) is 18.7 Å². The summed E-state index contributed by atoms with van der Waals surface area (Å²) in [5.41, 5.74) is 2.46. The number of hydrogen-bond donors (Lipinski definition) is 2. The van der Waals surface area contributed by atoms with Crippen LogP contribution in [0.3, 0.4) is 0 Å². The molecule has 128 valence electrons. The third-order valence-electron chi connectivity index (χ3n) is 3.59. The predicted molar refractivity (Wildman–Crippen MR) is 89.8 cm³/mol. The molecule has 0 spiro atoms. The number of carbonyl (C=O) groups excluding carboxylic acids is 1. The summed E-state index contributed by atoms with van der Waals surface area (Å²) >= 11 is 0. The second kappa shape index (κ2) is 7.54. The van der Waals surface area contributed by atoms with Crippen molar-refractivity contribution >= 4 is 11.5 Å². The summed E-state index contributed by atoms with van der Waals surface area (Å²) in [6.45, 7) is 0.985. The number of aliphatic hydroxyl groups is 1. The zero-order valence-electron chi connectivity index (χ0n) is 13.6. The number of allylic oxidation sites excluding steroid dienone is 1. The molecule has 0 amide bonds. The SMILES string of the molecule is COCc1cc(C(O)=CC(=O)c2ncn[nH]2)cn1Cc1ccncc1. The van der Waals surface area contributed by atoms with Crippen LogP contribution >= 0.6 is 0 Å². The van der Waals surface area contributed by atoms with Gasteiger partial charge in [0.1, 0.15) is 12.1 Å². The molecule has 0 saturated heterocycles. The first-order valence-corrected chi connectivity index (χ1v) is 7.55. The van der Waals surface area contributed by atoms with Crippen molar-refractivity contribution in [1.29, 1.82) is 0 Å². The van der Waals surface area contributed by atoms with Gasteiger partial charge in [-0.15, -0.1) is 0 Å². The molecule has 3 aromatic heterocycles. The standard InChI is InChI=1S/C17H17N5O3/c1-25-10-14-6-13(9-22(14)8-12-2-4-18-5-3-12)15(23)7-16(24)17-19-11-20-21-17/h2-7,9,11,23H,8,10H2,1H3,(H,19,20,21). The minimum atomic E-state index is -0.454. The fraction of sp³-hybridized carbons (Fsp3) is 0.176. The Morgan fingerprint density at radius 1 is 1.40 bits per heavy atom. The van der Waals surface area contributed by atoms with Crippen LogP contribution in [0.5, 0.6) is 0 Å². The third kappa shape index (κ3) is 3.99. The number of aromatic amines is 1. The Labute approximate surface area is 143 Å². The number of nitrogens with zero attached hydrogens (tertiary/aromatic N) is 4. The predicted octanol–water partition coefficient (Wildman–Crippen LogP) is 1.98. The first-order chi connectivity index (χ1) is 12.2. The maximum absolute atomic E-state index is 12.0. The van der Waals surface area contributed by atoms with E-state index in [1.165, 1.54) is 6.33 Å². The number of nitrogens with one attached hydrogen (secondary N) is 1. The molecular formula is C17H17N5O3. The van der Waals surface area contributed by atoms with Gasteiger partial charge >= 0.3 is 0 Å². The Kier molecular flexibility index (Phi) is 5.00. The molecule has 0 aliphatic heterocycles. The first-order valence-electron chi connectivity index (χ1n) is 7.55. The van der Waals surface area contributed by atoms with Gasteiger partial charge in [-0.25, -0.2) is 4.98 Å². The fourth-order valence-corrected chi connectivity index (χ4v) is 2.40. The van der Waals surface area contributed by atoms with Crippen LogP contribution in [0.15, 0.2) is 49.2 Å². The van der Waals surface area contributed by atoms with Gasteiger partial charge in [0.25, 0.3) is 0 Å². The van der Waals surface area contributed by atoms with Crippen LogP contribution in [0.4, 0.5) is 0 Å². The van der Waals surface area contributed by atoms with Gasteiger partial charge in [-0.3, -0.25) is 14.9 Å². The lowest BCUT2D eigenvalue weighted by atomic mass is 10.2. The first kappa shape index (κ1) is 16.6. The van der Waals surface area contributed by atoms with E-state index in [-0.39, 0.29) is 11.6 Å². The summed E-state index contributed by atoms with van der Waals surface area (Å²) in [5.74, 6) is -0.530. The summed E-state index contributed by atoms with van der Waals surface area (Å²) in [6, 6.07) is 5.61. The van der Waals surface area contributed by atoms with E-state index in [0.717, 1.165) is 17.3 Å². The number of ether oxygens (including phenoxy) is 1. The minimum absolute atomic E-state index is 0.0693. The second-order valence-electron chi connectivity index (χ2n) is 5.36. The van der Waals surface area contributed by atoms with Crippen LogP contribution in [-0.2, 0) is 17.9 Å². The van der Waals surface area contributed by atoms with Crippen molar-refractivity contribution in [2.75, 3.05) is 7.11 Å². The summed E-state index contributed by atoms with van der Waals surface area (Å²) in [4.78, 5) is 19.8. The van der Waals surface area contributed by atoms with E-state index in [2.05, 4.69) is 20.2 Å². The number of carbonyl (C=O) groups is 1. The van der Waals surface area contributed by atoms with Crippen LogP contribution in [0.2, 0.25) is 0 Å². The molecule has 0 saturated carbocycles. The molecule has 0 radical (unpaired) electrons. The number of methoxy groups -OCH3 is 1. The summed E-state index contributed by atoms with van der Waals surface area (Å²) < 4.78 is 7.17. The number of pyridine rings is 1. The maximum Gasteiger partial charge on any atom is 0.226 e. The number of aromatic nitrogens is 5. The molecule has 0 bridgehead atoms. The van der Waals surface area contributed by atoms with Crippen molar-refractivity contribution in [2.24, 2.45) is 0 Å². The van der Waals surface area contributed by atoms with Crippen molar-refractivity contribution in [3.05, 3.63) is 71.8 Å². The van der Waals surface area contributed by atoms with Gasteiger partial charge in [0.15, 0.2) is 5.82 Å². The molecule has 0 aliphatic rings. The number of hydrogen-bond acceptors (Lipinski definition) is 6. The van der Waals surface area contributed by atoms with Crippen molar-refractivity contribution in [2.45, 2.75) is 13.2 Å². The number of ketones is 1. The largest absolute Gasteiger partial charge is 0.507 e. The van der Waals surface area contributed by atoms with Crippen LogP contribution in [0.25, 0.3) is 5.76 Å². The highest BCUT2D eigenvalue weighted by atomic mass is 16.5. The highest BCUT2D eigenvalue weighted by Crippen LogP contribution is 2.19. The average Bonchev–Trinajstić information content (AvgIpc) is 3.27. The van der Waals surface area contributed by atoms with Crippen LogP contribution < -0.4 is 0 Å². The molecule has 0 aromatic carbocycles. The average molecular weight is 339 g/mol. The van der Waals surface area contributed by atoms with Gasteiger partial charge in [-0.2, -0.15) is 5.10 Å². The summed E-state index contributed by atoms with van der Waals surface area (Å²) in [5, 5.41) is 16.4. The van der Waals surface area contributed by atoms with Crippen molar-refractivity contribution in [3.8, 4) is 0 Å². The third-order valence-corrected chi connectivity index (χ3v) is 3.59. The number of rotatable bonds is 7. The lowest BCUT2D eigenvalue weighted by Gasteiger charge is -2.08. The highest BCUT2D eigenvalue weighted by molar-refractivity contribution is 6.05. The lowest BCUT2D eigenvalue weighted by Crippen LogP contribution is -2.04. The molecule has 25 heavy (non-hydrogen) atoms. The normalized spacial score (nSPS) is 11.6. The van der Waals surface area contributed by atoms with Crippen molar-refractivity contribution in [1.82, 2.24) is 24.7 Å². The fourth-order valence-electron chi connectivity index (χ4n) is 2.40. The Balaban J connectivity index is 1.86. The van der Waals surface area contributed by atoms with Crippen LogP contribution in [0.1, 0.15) is 27.4 Å². The summed E-state index contributed by atoms with van der Waals surface area (Å²) in [6.07, 6.45) is 7.57. The Morgan fingerprint density at radius 2 is 2.20 bits per heavy atom. The smallest absolute Gasteiger partial charge is 0.226 e. The van der Waals surface area contributed by atoms with E-state index < -0.39 is 5.78 Å². The van der Waals surface area contributed by atoms with Gasteiger partial charge < -0.3 is 14.4 Å². The van der Waals surface area contributed by atoms with E-state index in [1.807, 2.05) is 16.7 Å². The Bertz CT molecular complexity index is 869. The second-order valence-corrected chi connectivity index (χ2v) is 5.36. The van der Waals surface area contributed by atoms with Crippen molar-refractivity contribution in [3.63, 3.8) is 0 Å². The number of H-pyrrole nitrogens is 1. The van der Waals surface area contributed by atoms with Gasteiger partial charge in [-0.05, 0) is 23.8 Å². The van der Waals surface area contributed by atoms with Gasteiger partial charge in [-0.1, -0.05) is 0 Å². The molecule has 8 nitrogen and oxygen atoms in total. The zero-order valence-corrected chi connectivity index (χ0v) is 13.6. The topological polar surface area (TPSA) is 106 Å². The Morgan fingerprint density at radius 3 is 2.88 bits per heavy atom. The molecule has 3 aromatic rings. The van der Waals surface area contributed by atoms with E-state index >= 15 is 0 Å². The molecule has 0 aliphatic carbocycles. The number of aliphatic hydroxyl groups excluding tert-OH is 1. The van der Waals surface area contributed by atoms with E-state index in [9.17, 15) is 9.90 Å². The monoisotopic (exact) mass is 339 g/mol. The molecule has 3 heterocycles. The minimum Gasteiger partial charge on any atom is -0.507 e. The molecule has 0 unspecified atom stereocenters. The van der Waals surface area contributed by atoms with E-state index in [4.69, 9.17) is 4.74 Å². The molecule has 0 fully saturated rings. The van der Waals surface area contributed by atoms with E-state index in [1.54, 1.807) is 31.8 Å². The molecule has 2 N–H and O–H groups in total. The molecule has 0 atom stereocenters. The van der Waals surface area contributed by atoms with Gasteiger partial charge in [0.05, 0.1) is 6.61 Å². The molecule has 8 heteroatoms.